The topological polar surface area (TPSA) is 72.2 Å². The molecule has 0 bridgehead atoms. The molecule has 0 spiro atoms. The molecule has 1 aliphatic rings. The molecule has 2 atom stereocenters. The summed E-state index contributed by atoms with van der Waals surface area (Å²) in [7, 11) is 0. The molecule has 24 heavy (non-hydrogen) atoms. The fourth-order valence-corrected chi connectivity index (χ4v) is 3.60. The van der Waals surface area contributed by atoms with Crippen molar-refractivity contribution in [3.8, 4) is 11.1 Å². The van der Waals surface area contributed by atoms with Crippen LogP contribution in [0, 0.1) is 5.92 Å². The van der Waals surface area contributed by atoms with Gasteiger partial charge in [0.15, 0.2) is 0 Å². The van der Waals surface area contributed by atoms with Crippen LogP contribution < -0.4 is 11.1 Å². The molecule has 2 amide bonds. The maximum Gasteiger partial charge on any atom is 0.221 e. The molecular formula is C20H22N2O2. The number of nitrogens with two attached hydrogens (primary N) is 1. The summed E-state index contributed by atoms with van der Waals surface area (Å²) in [5.74, 6) is -0.0768. The SMILES string of the molecule is CC(=O)Nc1cccc(-c2ccc(C3CCCC3C(N)=O)cc2)c1. The maximum atomic E-state index is 11.6. The van der Waals surface area contributed by atoms with Crippen molar-refractivity contribution in [1.29, 1.82) is 0 Å². The molecule has 3 N–H and O–H groups in total. The van der Waals surface area contributed by atoms with Gasteiger partial charge in [-0.25, -0.2) is 0 Å². The van der Waals surface area contributed by atoms with Crippen molar-refractivity contribution in [3.05, 3.63) is 54.1 Å². The van der Waals surface area contributed by atoms with Gasteiger partial charge in [0.25, 0.3) is 0 Å². The number of nitrogens with one attached hydrogen (secondary N) is 1. The van der Waals surface area contributed by atoms with Crippen molar-refractivity contribution in [1.82, 2.24) is 0 Å². The van der Waals surface area contributed by atoms with Crippen LogP contribution in [0.15, 0.2) is 48.5 Å². The Balaban J connectivity index is 1.82. The molecule has 0 aromatic heterocycles. The Bertz CT molecular complexity index is 752. The van der Waals surface area contributed by atoms with E-state index >= 15 is 0 Å². The van der Waals surface area contributed by atoms with Gasteiger partial charge in [0.2, 0.25) is 11.8 Å². The Labute approximate surface area is 142 Å². The van der Waals surface area contributed by atoms with Gasteiger partial charge in [-0.1, -0.05) is 42.8 Å². The minimum atomic E-state index is -0.190. The molecule has 1 saturated carbocycles. The van der Waals surface area contributed by atoms with E-state index in [1.165, 1.54) is 12.5 Å². The molecule has 3 rings (SSSR count). The second-order valence-electron chi connectivity index (χ2n) is 6.43. The molecule has 0 heterocycles. The quantitative estimate of drug-likeness (QED) is 0.901. The number of hydrogen-bond acceptors (Lipinski definition) is 2. The number of hydrogen-bond donors (Lipinski definition) is 2. The van der Waals surface area contributed by atoms with Gasteiger partial charge < -0.3 is 11.1 Å². The summed E-state index contributed by atoms with van der Waals surface area (Å²) >= 11 is 0. The van der Waals surface area contributed by atoms with E-state index in [-0.39, 0.29) is 23.7 Å². The Morgan fingerprint density at radius 1 is 1.04 bits per heavy atom. The minimum absolute atomic E-state index is 0.0426. The zero-order chi connectivity index (χ0) is 17.1. The summed E-state index contributed by atoms with van der Waals surface area (Å²) in [5.41, 5.74) is 9.62. The van der Waals surface area contributed by atoms with Crippen LogP contribution in [0.4, 0.5) is 5.69 Å². The first-order valence-corrected chi connectivity index (χ1v) is 8.32. The first kappa shape index (κ1) is 16.2. The van der Waals surface area contributed by atoms with Gasteiger partial charge in [0, 0.05) is 18.5 Å². The monoisotopic (exact) mass is 322 g/mol. The van der Waals surface area contributed by atoms with Gasteiger partial charge in [0.05, 0.1) is 0 Å². The Morgan fingerprint density at radius 3 is 2.46 bits per heavy atom. The summed E-state index contributed by atoms with van der Waals surface area (Å²) in [6.07, 6.45) is 2.96. The zero-order valence-corrected chi connectivity index (χ0v) is 13.8. The summed E-state index contributed by atoms with van der Waals surface area (Å²) in [5, 5.41) is 2.80. The van der Waals surface area contributed by atoms with Crippen molar-refractivity contribution in [2.45, 2.75) is 32.1 Å². The number of amides is 2. The number of anilines is 1. The van der Waals surface area contributed by atoms with Crippen molar-refractivity contribution in [2.24, 2.45) is 11.7 Å². The standard InChI is InChI=1S/C20H22N2O2/c1-13(23)22-17-5-2-4-16(12-17)14-8-10-15(11-9-14)18-6-3-7-19(18)20(21)24/h2,4-5,8-12,18-19H,3,6-7H2,1H3,(H2,21,24)(H,22,23). The van der Waals surface area contributed by atoms with Crippen LogP contribution in [-0.4, -0.2) is 11.8 Å². The fraction of sp³-hybridized carbons (Fsp3) is 0.300. The molecular weight excluding hydrogens is 300 g/mol. The summed E-state index contributed by atoms with van der Waals surface area (Å²) < 4.78 is 0. The van der Waals surface area contributed by atoms with Crippen LogP contribution in [0.25, 0.3) is 11.1 Å². The van der Waals surface area contributed by atoms with Crippen LogP contribution in [0.1, 0.15) is 37.7 Å². The largest absolute Gasteiger partial charge is 0.369 e. The lowest BCUT2D eigenvalue weighted by atomic mass is 9.87. The van der Waals surface area contributed by atoms with Crippen molar-refractivity contribution in [3.63, 3.8) is 0 Å². The molecule has 4 heteroatoms. The Kier molecular flexibility index (Phi) is 4.65. The molecule has 2 aromatic rings. The summed E-state index contributed by atoms with van der Waals surface area (Å²) in [6, 6.07) is 16.1. The average molecular weight is 322 g/mol. The third-order valence-corrected chi connectivity index (χ3v) is 4.74. The first-order chi connectivity index (χ1) is 11.5. The molecule has 2 unspecified atom stereocenters. The van der Waals surface area contributed by atoms with Crippen LogP contribution in [0.2, 0.25) is 0 Å². The molecule has 124 valence electrons. The predicted octanol–water partition coefficient (Wildman–Crippen LogP) is 3.68. The molecule has 2 aromatic carbocycles. The lowest BCUT2D eigenvalue weighted by Crippen LogP contribution is -2.25. The second-order valence-corrected chi connectivity index (χ2v) is 6.43. The van der Waals surface area contributed by atoms with E-state index in [0.29, 0.717) is 0 Å². The van der Waals surface area contributed by atoms with Crippen LogP contribution in [0.3, 0.4) is 0 Å². The highest BCUT2D eigenvalue weighted by Gasteiger charge is 2.32. The first-order valence-electron chi connectivity index (χ1n) is 8.32. The van der Waals surface area contributed by atoms with E-state index in [2.05, 4.69) is 29.6 Å². The van der Waals surface area contributed by atoms with E-state index in [1.807, 2.05) is 24.3 Å². The molecule has 1 aliphatic carbocycles. The molecule has 4 nitrogen and oxygen atoms in total. The lowest BCUT2D eigenvalue weighted by Gasteiger charge is -2.17. The molecule has 1 fully saturated rings. The Morgan fingerprint density at radius 2 is 1.79 bits per heavy atom. The highest BCUT2D eigenvalue weighted by molar-refractivity contribution is 5.89. The van der Waals surface area contributed by atoms with E-state index in [9.17, 15) is 9.59 Å². The normalized spacial score (nSPS) is 19.9. The molecule has 0 saturated heterocycles. The van der Waals surface area contributed by atoms with Gasteiger partial charge in [-0.05, 0) is 47.6 Å². The van der Waals surface area contributed by atoms with Gasteiger partial charge in [0.1, 0.15) is 0 Å². The molecule has 0 radical (unpaired) electrons. The zero-order valence-electron chi connectivity index (χ0n) is 13.8. The van der Waals surface area contributed by atoms with E-state index < -0.39 is 0 Å². The smallest absolute Gasteiger partial charge is 0.221 e. The fourth-order valence-electron chi connectivity index (χ4n) is 3.60. The van der Waals surface area contributed by atoms with Crippen molar-refractivity contribution in [2.75, 3.05) is 5.32 Å². The third kappa shape index (κ3) is 3.48. The number of benzene rings is 2. The minimum Gasteiger partial charge on any atom is -0.369 e. The Hall–Kier alpha value is -2.62. The summed E-state index contributed by atoms with van der Waals surface area (Å²) in [4.78, 5) is 22.8. The van der Waals surface area contributed by atoms with E-state index in [4.69, 9.17) is 5.73 Å². The van der Waals surface area contributed by atoms with Crippen molar-refractivity contribution >= 4 is 17.5 Å². The maximum absolute atomic E-state index is 11.6. The second kappa shape index (κ2) is 6.87. The van der Waals surface area contributed by atoms with Gasteiger partial charge in [-0.2, -0.15) is 0 Å². The lowest BCUT2D eigenvalue weighted by molar-refractivity contribution is -0.122. The van der Waals surface area contributed by atoms with Gasteiger partial charge in [-0.3, -0.25) is 9.59 Å². The number of primary amides is 1. The highest BCUT2D eigenvalue weighted by Crippen LogP contribution is 2.40. The van der Waals surface area contributed by atoms with E-state index in [0.717, 1.165) is 36.1 Å². The van der Waals surface area contributed by atoms with Crippen LogP contribution in [0.5, 0.6) is 0 Å². The van der Waals surface area contributed by atoms with Crippen molar-refractivity contribution < 1.29 is 9.59 Å². The predicted molar refractivity (Wildman–Crippen MR) is 95.5 cm³/mol. The highest BCUT2D eigenvalue weighted by atomic mass is 16.1. The van der Waals surface area contributed by atoms with Gasteiger partial charge in [-0.15, -0.1) is 0 Å². The third-order valence-electron chi connectivity index (χ3n) is 4.74. The van der Waals surface area contributed by atoms with Gasteiger partial charge >= 0.3 is 0 Å². The average Bonchev–Trinajstić information content (AvgIpc) is 3.04. The summed E-state index contributed by atoms with van der Waals surface area (Å²) in [6.45, 7) is 1.50. The number of carbonyl (C=O) groups is 2. The van der Waals surface area contributed by atoms with Crippen LogP contribution in [-0.2, 0) is 9.59 Å². The van der Waals surface area contributed by atoms with E-state index in [1.54, 1.807) is 0 Å². The number of rotatable bonds is 4. The number of carbonyl (C=O) groups excluding carboxylic acids is 2. The molecule has 0 aliphatic heterocycles. The van der Waals surface area contributed by atoms with Crippen LogP contribution >= 0.6 is 0 Å².